The summed E-state index contributed by atoms with van der Waals surface area (Å²) in [6.07, 6.45) is 4.85. The van der Waals surface area contributed by atoms with Crippen molar-refractivity contribution in [1.82, 2.24) is 0 Å². The Labute approximate surface area is 236 Å². The largest absolute Gasteiger partial charge is 0.493 e. The van der Waals surface area contributed by atoms with Crippen molar-refractivity contribution in [3.63, 3.8) is 0 Å². The summed E-state index contributed by atoms with van der Waals surface area (Å²) in [6.45, 7) is 1.21. The lowest BCUT2D eigenvalue weighted by molar-refractivity contribution is -0.135. The highest BCUT2D eigenvalue weighted by molar-refractivity contribution is 6.15. The third kappa shape index (κ3) is 4.61. The summed E-state index contributed by atoms with van der Waals surface area (Å²) in [4.78, 5) is 25.7. The van der Waals surface area contributed by atoms with E-state index >= 15 is 0 Å². The Kier molecular flexibility index (Phi) is 6.23. The first kappa shape index (κ1) is 25.0. The van der Waals surface area contributed by atoms with Gasteiger partial charge in [0.1, 0.15) is 23.0 Å². The summed E-state index contributed by atoms with van der Waals surface area (Å²) < 4.78 is 34.4. The van der Waals surface area contributed by atoms with E-state index in [4.69, 9.17) is 28.1 Å². The Hall–Kier alpha value is -4.98. The van der Waals surface area contributed by atoms with Gasteiger partial charge in [0.25, 0.3) is 0 Å². The van der Waals surface area contributed by atoms with E-state index in [0.29, 0.717) is 46.5 Å². The van der Waals surface area contributed by atoms with Crippen molar-refractivity contribution in [2.24, 2.45) is 0 Å². The third-order valence-electron chi connectivity index (χ3n) is 7.59. The molecule has 0 bridgehead atoms. The van der Waals surface area contributed by atoms with Gasteiger partial charge >= 0.3 is 5.97 Å². The van der Waals surface area contributed by atoms with Crippen molar-refractivity contribution in [3.05, 3.63) is 106 Å². The second kappa shape index (κ2) is 10.2. The van der Waals surface area contributed by atoms with E-state index in [2.05, 4.69) is 12.1 Å². The summed E-state index contributed by atoms with van der Waals surface area (Å²) in [5.41, 5.74) is 4.30. The van der Waals surface area contributed by atoms with Crippen molar-refractivity contribution in [3.8, 4) is 28.7 Å². The van der Waals surface area contributed by atoms with Crippen LogP contribution < -0.4 is 23.7 Å². The van der Waals surface area contributed by atoms with Crippen molar-refractivity contribution in [1.29, 1.82) is 0 Å². The lowest BCUT2D eigenvalue weighted by atomic mass is 9.84. The number of ketones is 1. The highest BCUT2D eigenvalue weighted by atomic mass is 16.5. The lowest BCUT2D eigenvalue weighted by Gasteiger charge is -2.26. The Bertz CT molecular complexity index is 1700. The number of esters is 1. The van der Waals surface area contributed by atoms with E-state index in [1.165, 1.54) is 17.4 Å². The lowest BCUT2D eigenvalue weighted by Crippen LogP contribution is -2.21. The van der Waals surface area contributed by atoms with Gasteiger partial charge in [-0.3, -0.25) is 9.59 Å². The van der Waals surface area contributed by atoms with Gasteiger partial charge in [-0.15, -0.1) is 0 Å². The Morgan fingerprint density at radius 2 is 1.88 bits per heavy atom. The van der Waals surface area contributed by atoms with E-state index < -0.39 is 5.92 Å². The van der Waals surface area contributed by atoms with Crippen molar-refractivity contribution in [2.45, 2.75) is 25.2 Å². The number of hydrogen-bond donors (Lipinski definition) is 0. The van der Waals surface area contributed by atoms with Gasteiger partial charge in [0.2, 0.25) is 5.78 Å². The molecule has 0 radical (unpaired) electrons. The normalized spacial score (nSPS) is 17.8. The van der Waals surface area contributed by atoms with Gasteiger partial charge in [-0.05, 0) is 59.2 Å². The average molecular weight is 551 g/mol. The zero-order chi connectivity index (χ0) is 27.9. The number of furan rings is 1. The fourth-order valence-corrected chi connectivity index (χ4v) is 5.59. The van der Waals surface area contributed by atoms with Crippen LogP contribution in [0.4, 0.5) is 0 Å². The molecule has 0 spiro atoms. The molecule has 0 fully saturated rings. The first-order valence-corrected chi connectivity index (χ1v) is 13.5. The molecule has 4 aromatic rings. The third-order valence-corrected chi connectivity index (χ3v) is 7.59. The topological polar surface area (TPSA) is 93.4 Å². The number of carbonyl (C=O) groups is 2. The molecule has 7 rings (SSSR count). The second-order valence-corrected chi connectivity index (χ2v) is 10.1. The SMILES string of the molecule is COc1cc([C@H]2CC(=O)Oc3ccc4c(c32)O/C(=C\c2ccco2)C4=O)ccc1OCCc1ccc2c(c1)CCO2. The standard InChI is InChI=1S/C33H26O8/c1-36-28-16-20(5-8-26(28)39-13-10-19-4-7-25-21(15-19)11-14-38-25)24-18-30(34)40-27-9-6-23-32(35)29(41-33(23)31(24)27)17-22-3-2-12-37-22/h2-9,12,15-17,24H,10-11,13-14,18H2,1H3/b29-17-/t24-/m1/s1. The van der Waals surface area contributed by atoms with Gasteiger partial charge in [0, 0.05) is 30.4 Å². The molecule has 8 nitrogen and oxygen atoms in total. The van der Waals surface area contributed by atoms with E-state index in [9.17, 15) is 9.59 Å². The maximum absolute atomic E-state index is 13.1. The van der Waals surface area contributed by atoms with E-state index in [0.717, 1.165) is 30.8 Å². The summed E-state index contributed by atoms with van der Waals surface area (Å²) in [7, 11) is 1.58. The molecule has 3 aliphatic rings. The van der Waals surface area contributed by atoms with Crippen LogP contribution in [0.3, 0.4) is 0 Å². The molecular weight excluding hydrogens is 524 g/mol. The smallest absolute Gasteiger partial charge is 0.312 e. The molecule has 3 aliphatic heterocycles. The molecular formula is C33H26O8. The van der Waals surface area contributed by atoms with Crippen LogP contribution in [0.1, 0.15) is 50.7 Å². The van der Waals surface area contributed by atoms with Crippen molar-refractivity contribution < 1.29 is 37.7 Å². The summed E-state index contributed by atoms with van der Waals surface area (Å²) >= 11 is 0. The van der Waals surface area contributed by atoms with Crippen LogP contribution in [0.25, 0.3) is 6.08 Å². The fraction of sp³-hybridized carbons (Fsp3) is 0.212. The second-order valence-electron chi connectivity index (χ2n) is 10.1. The predicted molar refractivity (Wildman–Crippen MR) is 148 cm³/mol. The number of Topliss-reactive ketones (excluding diaryl/α,β-unsaturated/α-hetero) is 1. The first-order chi connectivity index (χ1) is 20.1. The molecule has 1 atom stereocenters. The summed E-state index contributed by atoms with van der Waals surface area (Å²) in [5, 5.41) is 0. The number of rotatable bonds is 7. The predicted octanol–water partition coefficient (Wildman–Crippen LogP) is 5.90. The van der Waals surface area contributed by atoms with Crippen LogP contribution in [0.2, 0.25) is 0 Å². The number of carbonyl (C=O) groups excluding carboxylic acids is 2. The monoisotopic (exact) mass is 550 g/mol. The molecule has 0 N–H and O–H groups in total. The Balaban J connectivity index is 1.15. The van der Waals surface area contributed by atoms with Crippen LogP contribution in [-0.4, -0.2) is 32.1 Å². The highest BCUT2D eigenvalue weighted by Gasteiger charge is 2.39. The van der Waals surface area contributed by atoms with Crippen LogP contribution in [0.5, 0.6) is 28.7 Å². The molecule has 8 heteroatoms. The molecule has 3 aromatic carbocycles. The first-order valence-electron chi connectivity index (χ1n) is 13.5. The van der Waals surface area contributed by atoms with Crippen LogP contribution in [0.15, 0.2) is 77.1 Å². The van der Waals surface area contributed by atoms with Gasteiger partial charge in [-0.2, -0.15) is 0 Å². The maximum Gasteiger partial charge on any atom is 0.312 e. The molecule has 0 saturated carbocycles. The van der Waals surface area contributed by atoms with E-state index in [1.807, 2.05) is 24.3 Å². The number of hydrogen-bond acceptors (Lipinski definition) is 8. The Morgan fingerprint density at radius 3 is 2.73 bits per heavy atom. The number of ether oxygens (including phenoxy) is 5. The zero-order valence-electron chi connectivity index (χ0n) is 22.3. The highest BCUT2D eigenvalue weighted by Crippen LogP contribution is 2.49. The van der Waals surface area contributed by atoms with E-state index in [-0.39, 0.29) is 23.9 Å². The van der Waals surface area contributed by atoms with Crippen molar-refractivity contribution in [2.75, 3.05) is 20.3 Å². The van der Waals surface area contributed by atoms with Crippen LogP contribution in [-0.2, 0) is 17.6 Å². The van der Waals surface area contributed by atoms with Gasteiger partial charge < -0.3 is 28.1 Å². The molecule has 0 saturated heterocycles. The Morgan fingerprint density at radius 1 is 0.976 bits per heavy atom. The molecule has 4 heterocycles. The zero-order valence-corrected chi connectivity index (χ0v) is 22.3. The van der Waals surface area contributed by atoms with Crippen molar-refractivity contribution >= 4 is 17.8 Å². The molecule has 1 aromatic heterocycles. The molecule has 41 heavy (non-hydrogen) atoms. The van der Waals surface area contributed by atoms with E-state index in [1.54, 1.807) is 37.5 Å². The summed E-state index contributed by atoms with van der Waals surface area (Å²) in [5.74, 6) is 2.50. The quantitative estimate of drug-likeness (QED) is 0.160. The molecule has 0 unspecified atom stereocenters. The van der Waals surface area contributed by atoms with Crippen LogP contribution in [0, 0.1) is 0 Å². The number of allylic oxidation sites excluding steroid dienone is 1. The minimum atomic E-state index is -0.409. The van der Waals surface area contributed by atoms with Crippen LogP contribution >= 0.6 is 0 Å². The minimum Gasteiger partial charge on any atom is -0.493 e. The number of benzene rings is 3. The fourth-order valence-electron chi connectivity index (χ4n) is 5.59. The number of methoxy groups -OCH3 is 1. The minimum absolute atomic E-state index is 0.0869. The van der Waals surface area contributed by atoms with Gasteiger partial charge in [0.05, 0.1) is 38.6 Å². The number of fused-ring (bicyclic) bond motifs is 4. The summed E-state index contributed by atoms with van der Waals surface area (Å²) in [6, 6.07) is 18.6. The van der Waals surface area contributed by atoms with Gasteiger partial charge in [-0.25, -0.2) is 0 Å². The molecule has 0 aliphatic carbocycles. The average Bonchev–Trinajstić information content (AvgIpc) is 3.74. The van der Waals surface area contributed by atoms with Gasteiger partial charge in [0.15, 0.2) is 17.3 Å². The van der Waals surface area contributed by atoms with Gasteiger partial charge in [-0.1, -0.05) is 18.2 Å². The molecule has 206 valence electrons. The maximum atomic E-state index is 13.1. The molecule has 0 amide bonds.